The van der Waals surface area contributed by atoms with Crippen molar-refractivity contribution in [3.8, 4) is 0 Å². The molecule has 0 radical (unpaired) electrons. The quantitative estimate of drug-likeness (QED) is 0.811. The Morgan fingerprint density at radius 3 is 2.52 bits per heavy atom. The third-order valence-corrected chi connectivity index (χ3v) is 6.18. The van der Waals surface area contributed by atoms with Gasteiger partial charge in [0.1, 0.15) is 17.9 Å². The van der Waals surface area contributed by atoms with Crippen molar-refractivity contribution in [2.45, 2.75) is 57.0 Å². The van der Waals surface area contributed by atoms with Crippen molar-refractivity contribution in [3.05, 3.63) is 35.8 Å². The maximum Gasteiger partial charge on any atom is 0.257 e. The van der Waals surface area contributed by atoms with E-state index in [1.807, 2.05) is 4.90 Å². The SMILES string of the molecule is O=C(c1ccoc1)N1CCC(c2nnc(CN3CCCC3)n2C2CC2)CC1. The molecule has 2 aromatic rings. The number of furan rings is 1. The van der Waals surface area contributed by atoms with Gasteiger partial charge in [-0.15, -0.1) is 10.2 Å². The number of nitrogens with zero attached hydrogens (tertiary/aromatic N) is 5. The van der Waals surface area contributed by atoms with E-state index < -0.39 is 0 Å². The van der Waals surface area contributed by atoms with Gasteiger partial charge in [-0.2, -0.15) is 0 Å². The first-order valence-electron chi connectivity index (χ1n) is 10.3. The van der Waals surface area contributed by atoms with Crippen molar-refractivity contribution in [1.29, 1.82) is 0 Å². The van der Waals surface area contributed by atoms with Crippen molar-refractivity contribution in [2.75, 3.05) is 26.2 Å². The Morgan fingerprint density at radius 1 is 1.07 bits per heavy atom. The molecule has 0 atom stereocenters. The first-order chi connectivity index (χ1) is 13.3. The zero-order chi connectivity index (χ0) is 18.2. The van der Waals surface area contributed by atoms with E-state index >= 15 is 0 Å². The van der Waals surface area contributed by atoms with Gasteiger partial charge in [-0.25, -0.2) is 0 Å². The van der Waals surface area contributed by atoms with Gasteiger partial charge in [-0.3, -0.25) is 9.69 Å². The second-order valence-electron chi connectivity index (χ2n) is 8.14. The van der Waals surface area contributed by atoms with Crippen LogP contribution in [0.3, 0.4) is 0 Å². The van der Waals surface area contributed by atoms with E-state index in [1.165, 1.54) is 45.0 Å². The molecule has 0 bridgehead atoms. The van der Waals surface area contributed by atoms with Crippen LogP contribution in [0.15, 0.2) is 23.0 Å². The zero-order valence-electron chi connectivity index (χ0n) is 15.7. The van der Waals surface area contributed by atoms with Gasteiger partial charge in [0.25, 0.3) is 5.91 Å². The van der Waals surface area contributed by atoms with Crippen LogP contribution < -0.4 is 0 Å². The molecule has 0 aromatic carbocycles. The lowest BCUT2D eigenvalue weighted by molar-refractivity contribution is 0.0709. The minimum atomic E-state index is 0.0700. The summed E-state index contributed by atoms with van der Waals surface area (Å²) in [6.07, 6.45) is 10.1. The number of hydrogen-bond acceptors (Lipinski definition) is 5. The summed E-state index contributed by atoms with van der Waals surface area (Å²) >= 11 is 0. The van der Waals surface area contributed by atoms with Gasteiger partial charge in [-0.1, -0.05) is 0 Å². The topological polar surface area (TPSA) is 67.4 Å². The summed E-state index contributed by atoms with van der Waals surface area (Å²) in [5, 5.41) is 9.22. The third kappa shape index (κ3) is 3.40. The largest absolute Gasteiger partial charge is 0.472 e. The molecule has 4 heterocycles. The number of rotatable bonds is 5. The second kappa shape index (κ2) is 7.11. The molecule has 1 amide bonds. The van der Waals surface area contributed by atoms with Crippen LogP contribution in [0, 0.1) is 0 Å². The van der Waals surface area contributed by atoms with Gasteiger partial charge in [0.05, 0.1) is 18.4 Å². The van der Waals surface area contributed by atoms with E-state index in [2.05, 4.69) is 19.7 Å². The molecule has 2 aromatic heterocycles. The molecular weight excluding hydrogens is 342 g/mol. The Balaban J connectivity index is 1.28. The minimum absolute atomic E-state index is 0.0700. The van der Waals surface area contributed by atoms with Gasteiger partial charge >= 0.3 is 0 Å². The number of piperidine rings is 1. The Bertz CT molecular complexity index is 781. The molecule has 3 aliphatic rings. The average molecular weight is 369 g/mol. The van der Waals surface area contributed by atoms with E-state index in [4.69, 9.17) is 4.42 Å². The molecule has 3 fully saturated rings. The maximum absolute atomic E-state index is 12.5. The lowest BCUT2D eigenvalue weighted by Gasteiger charge is -2.31. The standard InChI is InChI=1S/C20H27N5O2/c26-20(16-7-12-27-14-16)24-10-5-15(6-11-24)19-22-21-18(25(19)17-3-4-17)13-23-8-1-2-9-23/h7,12,14-15,17H,1-6,8-11,13H2. The highest BCUT2D eigenvalue weighted by molar-refractivity contribution is 5.93. The molecule has 144 valence electrons. The summed E-state index contributed by atoms with van der Waals surface area (Å²) < 4.78 is 7.49. The van der Waals surface area contributed by atoms with Crippen molar-refractivity contribution in [3.63, 3.8) is 0 Å². The molecule has 2 saturated heterocycles. The molecule has 5 rings (SSSR count). The first kappa shape index (κ1) is 17.0. The number of carbonyl (C=O) groups excluding carboxylic acids is 1. The highest BCUT2D eigenvalue weighted by Gasteiger charge is 2.34. The monoisotopic (exact) mass is 369 g/mol. The highest BCUT2D eigenvalue weighted by atomic mass is 16.3. The van der Waals surface area contributed by atoms with Crippen LogP contribution in [-0.2, 0) is 6.54 Å². The van der Waals surface area contributed by atoms with Gasteiger partial charge < -0.3 is 13.9 Å². The third-order valence-electron chi connectivity index (χ3n) is 6.18. The molecule has 7 heteroatoms. The number of carbonyl (C=O) groups is 1. The van der Waals surface area contributed by atoms with E-state index in [0.717, 1.165) is 44.1 Å². The number of hydrogen-bond donors (Lipinski definition) is 0. The van der Waals surface area contributed by atoms with E-state index in [1.54, 1.807) is 12.3 Å². The van der Waals surface area contributed by atoms with Gasteiger partial charge in [-0.05, 0) is 57.7 Å². The Kier molecular flexibility index (Phi) is 4.47. The van der Waals surface area contributed by atoms with Gasteiger partial charge in [0.2, 0.25) is 0 Å². The fourth-order valence-corrected chi connectivity index (χ4v) is 4.50. The van der Waals surface area contributed by atoms with E-state index in [9.17, 15) is 4.79 Å². The predicted octanol–water partition coefficient (Wildman–Crippen LogP) is 2.82. The lowest BCUT2D eigenvalue weighted by Crippen LogP contribution is -2.38. The molecule has 0 spiro atoms. The average Bonchev–Trinajstić information content (AvgIpc) is 3.12. The van der Waals surface area contributed by atoms with Crippen molar-refractivity contribution in [2.24, 2.45) is 0 Å². The maximum atomic E-state index is 12.5. The first-order valence-corrected chi connectivity index (χ1v) is 10.3. The molecular formula is C20H27N5O2. The summed E-state index contributed by atoms with van der Waals surface area (Å²) in [6.45, 7) is 4.84. The van der Waals surface area contributed by atoms with Crippen LogP contribution in [0.25, 0.3) is 0 Å². The number of amides is 1. The smallest absolute Gasteiger partial charge is 0.257 e. The van der Waals surface area contributed by atoms with Crippen LogP contribution in [0.4, 0.5) is 0 Å². The van der Waals surface area contributed by atoms with Gasteiger partial charge in [0.15, 0.2) is 0 Å². The summed E-state index contributed by atoms with van der Waals surface area (Å²) in [5.41, 5.74) is 0.641. The van der Waals surface area contributed by atoms with Crippen LogP contribution >= 0.6 is 0 Å². The van der Waals surface area contributed by atoms with E-state index in [0.29, 0.717) is 17.5 Å². The Hall–Kier alpha value is -2.15. The van der Waals surface area contributed by atoms with E-state index in [-0.39, 0.29) is 5.91 Å². The summed E-state index contributed by atoms with van der Waals surface area (Å²) in [4.78, 5) is 16.9. The van der Waals surface area contributed by atoms with Crippen molar-refractivity contribution in [1.82, 2.24) is 24.6 Å². The number of likely N-dealkylation sites (tertiary alicyclic amines) is 2. The normalized spacial score (nSPS) is 21.9. The molecule has 1 saturated carbocycles. The van der Waals surface area contributed by atoms with Crippen molar-refractivity contribution >= 4 is 5.91 Å². The second-order valence-corrected chi connectivity index (χ2v) is 8.14. The van der Waals surface area contributed by atoms with Crippen LogP contribution in [0.5, 0.6) is 0 Å². The molecule has 27 heavy (non-hydrogen) atoms. The molecule has 2 aliphatic heterocycles. The predicted molar refractivity (Wildman–Crippen MR) is 99.4 cm³/mol. The fraction of sp³-hybridized carbons (Fsp3) is 0.650. The number of aromatic nitrogens is 3. The summed E-state index contributed by atoms with van der Waals surface area (Å²) in [6, 6.07) is 2.33. The van der Waals surface area contributed by atoms with Crippen LogP contribution in [0.1, 0.15) is 72.5 Å². The molecule has 7 nitrogen and oxygen atoms in total. The molecule has 0 N–H and O–H groups in total. The zero-order valence-corrected chi connectivity index (χ0v) is 15.7. The summed E-state index contributed by atoms with van der Waals surface area (Å²) in [7, 11) is 0. The van der Waals surface area contributed by atoms with Gasteiger partial charge in [0, 0.05) is 25.0 Å². The van der Waals surface area contributed by atoms with Crippen molar-refractivity contribution < 1.29 is 9.21 Å². The lowest BCUT2D eigenvalue weighted by atomic mass is 9.95. The molecule has 1 aliphatic carbocycles. The molecule has 0 unspecified atom stereocenters. The fourth-order valence-electron chi connectivity index (χ4n) is 4.50. The minimum Gasteiger partial charge on any atom is -0.472 e. The summed E-state index contributed by atoms with van der Waals surface area (Å²) in [5.74, 6) is 2.77. The Labute approximate surface area is 159 Å². The Morgan fingerprint density at radius 2 is 1.85 bits per heavy atom. The highest BCUT2D eigenvalue weighted by Crippen LogP contribution is 2.40. The van der Waals surface area contributed by atoms with Crippen LogP contribution in [-0.4, -0.2) is 56.7 Å². The van der Waals surface area contributed by atoms with Crippen LogP contribution in [0.2, 0.25) is 0 Å².